The van der Waals surface area contributed by atoms with Crippen LogP contribution in [0.25, 0.3) is 0 Å². The van der Waals surface area contributed by atoms with E-state index in [0.717, 1.165) is 6.07 Å². The molecule has 0 spiro atoms. The number of carbonyl (C=O) groups is 1. The van der Waals surface area contributed by atoms with E-state index >= 15 is 0 Å². The zero-order valence-electron chi connectivity index (χ0n) is 8.77. The van der Waals surface area contributed by atoms with Gasteiger partial charge in [0.1, 0.15) is 5.82 Å². The van der Waals surface area contributed by atoms with Crippen LogP contribution in [0.2, 0.25) is 0 Å². The van der Waals surface area contributed by atoms with Gasteiger partial charge in [-0.25, -0.2) is 9.18 Å². The van der Waals surface area contributed by atoms with E-state index in [2.05, 4.69) is 0 Å². The van der Waals surface area contributed by atoms with Gasteiger partial charge in [0.25, 0.3) is 0 Å². The lowest BCUT2D eigenvalue weighted by Gasteiger charge is -2.19. The van der Waals surface area contributed by atoms with E-state index in [1.807, 2.05) is 6.07 Å². The summed E-state index contributed by atoms with van der Waals surface area (Å²) in [7, 11) is 1.66. The smallest absolute Gasteiger partial charge is 0.337 e. The van der Waals surface area contributed by atoms with Crippen LogP contribution in [0.5, 0.6) is 0 Å². The van der Waals surface area contributed by atoms with Gasteiger partial charge in [-0.15, -0.1) is 0 Å². The second-order valence-corrected chi connectivity index (χ2v) is 3.30. The molecule has 0 bridgehead atoms. The Morgan fingerprint density at radius 1 is 1.62 bits per heavy atom. The van der Waals surface area contributed by atoms with E-state index in [0.29, 0.717) is 12.2 Å². The number of nitrogens with zero attached hydrogens (tertiary/aromatic N) is 2. The number of aromatic carboxylic acids is 1. The lowest BCUT2D eigenvalue weighted by Crippen LogP contribution is -2.21. The topological polar surface area (TPSA) is 64.3 Å². The molecule has 0 unspecified atom stereocenters. The van der Waals surface area contributed by atoms with Crippen molar-refractivity contribution in [3.63, 3.8) is 0 Å². The lowest BCUT2D eigenvalue weighted by atomic mass is 10.1. The molecule has 0 saturated heterocycles. The summed E-state index contributed by atoms with van der Waals surface area (Å²) < 4.78 is 12.9. The standard InChI is InChI=1S/C11H11FN2O2/c1-14(6-2-5-13)10-4-3-8(12)7-9(10)11(15)16/h3-4,7H,2,6H2,1H3,(H,15,16). The van der Waals surface area contributed by atoms with Gasteiger partial charge in [0.2, 0.25) is 0 Å². The fourth-order valence-electron chi connectivity index (χ4n) is 1.35. The summed E-state index contributed by atoms with van der Waals surface area (Å²) in [6.07, 6.45) is 0.285. The number of rotatable bonds is 4. The van der Waals surface area contributed by atoms with Crippen molar-refractivity contribution in [3.8, 4) is 6.07 Å². The van der Waals surface area contributed by atoms with Crippen molar-refractivity contribution in [2.75, 3.05) is 18.5 Å². The maximum atomic E-state index is 12.9. The van der Waals surface area contributed by atoms with Gasteiger partial charge in [0.15, 0.2) is 0 Å². The summed E-state index contributed by atoms with van der Waals surface area (Å²) in [6, 6.07) is 5.54. The fraction of sp³-hybridized carbons (Fsp3) is 0.273. The number of carboxylic acids is 1. The van der Waals surface area contributed by atoms with Crippen molar-refractivity contribution >= 4 is 11.7 Å². The van der Waals surface area contributed by atoms with E-state index in [4.69, 9.17) is 10.4 Å². The van der Waals surface area contributed by atoms with Crippen molar-refractivity contribution in [2.45, 2.75) is 6.42 Å². The molecule has 0 aliphatic carbocycles. The van der Waals surface area contributed by atoms with Gasteiger partial charge in [-0.2, -0.15) is 5.26 Å². The Morgan fingerprint density at radius 2 is 2.31 bits per heavy atom. The monoisotopic (exact) mass is 222 g/mol. The minimum Gasteiger partial charge on any atom is -0.478 e. The normalized spacial score (nSPS) is 9.56. The second-order valence-electron chi connectivity index (χ2n) is 3.30. The molecule has 0 aliphatic rings. The highest BCUT2D eigenvalue weighted by molar-refractivity contribution is 5.94. The van der Waals surface area contributed by atoms with Crippen LogP contribution in [-0.2, 0) is 0 Å². The van der Waals surface area contributed by atoms with Crippen molar-refractivity contribution in [2.24, 2.45) is 0 Å². The van der Waals surface area contributed by atoms with Crippen molar-refractivity contribution < 1.29 is 14.3 Å². The molecule has 0 aliphatic heterocycles. The highest BCUT2D eigenvalue weighted by Crippen LogP contribution is 2.20. The molecule has 0 heterocycles. The van der Waals surface area contributed by atoms with Gasteiger partial charge in [0.05, 0.1) is 23.7 Å². The molecule has 1 aromatic carbocycles. The first kappa shape index (κ1) is 12.0. The van der Waals surface area contributed by atoms with Crippen LogP contribution in [0.3, 0.4) is 0 Å². The number of halogens is 1. The maximum absolute atomic E-state index is 12.9. The summed E-state index contributed by atoms with van der Waals surface area (Å²) in [6.45, 7) is 0.405. The zero-order chi connectivity index (χ0) is 12.1. The van der Waals surface area contributed by atoms with Gasteiger partial charge in [-0.3, -0.25) is 0 Å². The number of carboxylic acid groups (broad SMARTS) is 1. The molecule has 5 heteroatoms. The molecule has 0 atom stereocenters. The Balaban J connectivity index is 3.03. The van der Waals surface area contributed by atoms with Gasteiger partial charge in [-0.05, 0) is 18.2 Å². The molecule has 1 aromatic rings. The van der Waals surface area contributed by atoms with E-state index in [9.17, 15) is 9.18 Å². The first-order chi connectivity index (χ1) is 7.56. The molecule has 84 valence electrons. The summed E-state index contributed by atoms with van der Waals surface area (Å²) >= 11 is 0. The molecule has 0 amide bonds. The van der Waals surface area contributed by atoms with E-state index in [-0.39, 0.29) is 12.0 Å². The Morgan fingerprint density at radius 3 is 2.88 bits per heavy atom. The molecule has 16 heavy (non-hydrogen) atoms. The van der Waals surface area contributed by atoms with Crippen LogP contribution >= 0.6 is 0 Å². The third kappa shape index (κ3) is 2.70. The van der Waals surface area contributed by atoms with Crippen molar-refractivity contribution in [1.29, 1.82) is 5.26 Å². The number of nitriles is 1. The zero-order valence-corrected chi connectivity index (χ0v) is 8.77. The third-order valence-electron chi connectivity index (χ3n) is 2.16. The van der Waals surface area contributed by atoms with Gasteiger partial charge >= 0.3 is 5.97 Å². The lowest BCUT2D eigenvalue weighted by molar-refractivity contribution is 0.0697. The fourth-order valence-corrected chi connectivity index (χ4v) is 1.35. The number of anilines is 1. The van der Waals surface area contributed by atoms with Crippen LogP contribution in [0, 0.1) is 17.1 Å². The Hall–Kier alpha value is -2.09. The predicted molar refractivity (Wildman–Crippen MR) is 56.9 cm³/mol. The van der Waals surface area contributed by atoms with Gasteiger partial charge in [0, 0.05) is 13.6 Å². The summed E-state index contributed by atoms with van der Waals surface area (Å²) in [5, 5.41) is 17.3. The van der Waals surface area contributed by atoms with Gasteiger partial charge < -0.3 is 10.0 Å². The third-order valence-corrected chi connectivity index (χ3v) is 2.16. The molecule has 0 radical (unpaired) electrons. The van der Waals surface area contributed by atoms with Crippen LogP contribution in [0.1, 0.15) is 16.8 Å². The molecule has 0 aromatic heterocycles. The van der Waals surface area contributed by atoms with Crippen molar-refractivity contribution in [1.82, 2.24) is 0 Å². The maximum Gasteiger partial charge on any atom is 0.337 e. The van der Waals surface area contributed by atoms with Crippen LogP contribution in [0.15, 0.2) is 18.2 Å². The van der Waals surface area contributed by atoms with E-state index in [1.165, 1.54) is 12.1 Å². The molecular weight excluding hydrogens is 211 g/mol. The summed E-state index contributed by atoms with van der Waals surface area (Å²) in [4.78, 5) is 12.5. The SMILES string of the molecule is CN(CCC#N)c1ccc(F)cc1C(=O)O. The number of hydrogen-bond acceptors (Lipinski definition) is 3. The molecule has 0 fully saturated rings. The molecule has 4 nitrogen and oxygen atoms in total. The largest absolute Gasteiger partial charge is 0.478 e. The van der Waals surface area contributed by atoms with Crippen molar-refractivity contribution in [3.05, 3.63) is 29.6 Å². The number of hydrogen-bond donors (Lipinski definition) is 1. The van der Waals surface area contributed by atoms with E-state index in [1.54, 1.807) is 11.9 Å². The molecular formula is C11H11FN2O2. The Labute approximate surface area is 92.5 Å². The molecule has 1 N–H and O–H groups in total. The van der Waals surface area contributed by atoms with Crippen LogP contribution < -0.4 is 4.90 Å². The van der Waals surface area contributed by atoms with Crippen LogP contribution in [0.4, 0.5) is 10.1 Å². The predicted octanol–water partition coefficient (Wildman–Crippen LogP) is 1.87. The number of benzene rings is 1. The highest BCUT2D eigenvalue weighted by atomic mass is 19.1. The second kappa shape index (κ2) is 5.12. The Bertz CT molecular complexity index is 440. The Kier molecular flexibility index (Phi) is 3.84. The van der Waals surface area contributed by atoms with E-state index < -0.39 is 11.8 Å². The molecule has 0 saturated carbocycles. The minimum absolute atomic E-state index is 0.0968. The highest BCUT2D eigenvalue weighted by Gasteiger charge is 2.14. The quantitative estimate of drug-likeness (QED) is 0.844. The minimum atomic E-state index is -1.18. The first-order valence-corrected chi connectivity index (χ1v) is 4.67. The van der Waals surface area contributed by atoms with Gasteiger partial charge in [-0.1, -0.05) is 0 Å². The summed E-state index contributed by atoms with van der Waals surface area (Å²) in [5.74, 6) is -1.77. The average molecular weight is 222 g/mol. The first-order valence-electron chi connectivity index (χ1n) is 4.67. The summed E-state index contributed by atoms with van der Waals surface area (Å²) in [5.41, 5.74) is 0.310. The average Bonchev–Trinajstić information content (AvgIpc) is 2.25. The van der Waals surface area contributed by atoms with Crippen LogP contribution in [-0.4, -0.2) is 24.7 Å². The molecule has 1 rings (SSSR count).